The molecule has 0 N–H and O–H groups in total. The van der Waals surface area contributed by atoms with Crippen LogP contribution in [-0.2, 0) is 4.79 Å². The molecule has 1 nitrogen and oxygen atoms in total. The van der Waals surface area contributed by atoms with Gasteiger partial charge in [0.15, 0.2) is 0 Å². The van der Waals surface area contributed by atoms with Crippen LogP contribution in [0.25, 0.3) is 0 Å². The Morgan fingerprint density at radius 3 is 2.38 bits per heavy atom. The molecular weight excluding hydrogens is 275 g/mol. The molecule has 0 heterocycles. The number of benzene rings is 1. The van der Waals surface area contributed by atoms with Gasteiger partial charge in [-0.15, -0.1) is 0 Å². The van der Waals surface area contributed by atoms with Gasteiger partial charge in [-0.05, 0) is 53.1 Å². The highest BCUT2D eigenvalue weighted by atomic mass is 127. The molecule has 0 saturated heterocycles. The Kier molecular flexibility index (Phi) is 3.90. The second-order valence-corrected chi connectivity index (χ2v) is 4.60. The van der Waals surface area contributed by atoms with Crippen LogP contribution in [0.15, 0.2) is 24.3 Å². The Morgan fingerprint density at radius 2 is 1.92 bits per heavy atom. The van der Waals surface area contributed by atoms with Crippen molar-refractivity contribution < 1.29 is 4.79 Å². The monoisotopic (exact) mass is 288 g/mol. The standard InChI is InChI=1S/C11H13IO/c1-8(7-9(2)13)10-3-5-11(12)6-4-10/h3-6,8H,7H2,1-2H3/t8-/m0/s1. The minimum absolute atomic E-state index is 0.256. The zero-order valence-electron chi connectivity index (χ0n) is 7.88. The maximum atomic E-state index is 10.9. The molecule has 0 aliphatic carbocycles. The van der Waals surface area contributed by atoms with Crippen molar-refractivity contribution in [1.82, 2.24) is 0 Å². The van der Waals surface area contributed by atoms with Gasteiger partial charge in [-0.3, -0.25) is 0 Å². The molecule has 0 saturated carbocycles. The summed E-state index contributed by atoms with van der Waals surface area (Å²) in [6.07, 6.45) is 0.639. The fraction of sp³-hybridized carbons (Fsp3) is 0.364. The first-order valence-corrected chi connectivity index (χ1v) is 5.42. The highest BCUT2D eigenvalue weighted by Gasteiger charge is 2.07. The highest BCUT2D eigenvalue weighted by Crippen LogP contribution is 2.19. The number of ketones is 1. The minimum atomic E-state index is 0.256. The first kappa shape index (κ1) is 10.7. The predicted octanol–water partition coefficient (Wildman–Crippen LogP) is 3.37. The molecule has 2 heteroatoms. The average molecular weight is 288 g/mol. The molecule has 1 aromatic rings. The molecule has 0 spiro atoms. The smallest absolute Gasteiger partial charge is 0.130 e. The number of carbonyl (C=O) groups excluding carboxylic acids is 1. The Labute approximate surface area is 92.7 Å². The van der Waals surface area contributed by atoms with E-state index in [-0.39, 0.29) is 5.78 Å². The Hall–Kier alpha value is -0.380. The average Bonchev–Trinajstić information content (AvgIpc) is 2.04. The fourth-order valence-corrected chi connectivity index (χ4v) is 1.70. The number of Topliss-reactive ketones (excluding diaryl/α,β-unsaturated/α-hetero) is 1. The summed E-state index contributed by atoms with van der Waals surface area (Å²) in [4.78, 5) is 10.9. The van der Waals surface area contributed by atoms with E-state index in [9.17, 15) is 4.79 Å². The van der Waals surface area contributed by atoms with E-state index in [4.69, 9.17) is 0 Å². The summed E-state index contributed by atoms with van der Waals surface area (Å²) in [6, 6.07) is 8.34. The summed E-state index contributed by atoms with van der Waals surface area (Å²) in [5, 5.41) is 0. The van der Waals surface area contributed by atoms with Crippen LogP contribution >= 0.6 is 22.6 Å². The minimum Gasteiger partial charge on any atom is -0.300 e. The third-order valence-corrected chi connectivity index (χ3v) is 2.75. The maximum Gasteiger partial charge on any atom is 0.130 e. The third kappa shape index (κ3) is 3.46. The summed E-state index contributed by atoms with van der Waals surface area (Å²) in [6.45, 7) is 3.73. The topological polar surface area (TPSA) is 17.1 Å². The van der Waals surface area contributed by atoms with Crippen LogP contribution in [0.2, 0.25) is 0 Å². The summed E-state index contributed by atoms with van der Waals surface area (Å²) in [7, 11) is 0. The largest absolute Gasteiger partial charge is 0.300 e. The second kappa shape index (κ2) is 4.74. The molecule has 0 aliphatic rings. The van der Waals surface area contributed by atoms with Crippen LogP contribution in [-0.4, -0.2) is 5.78 Å². The van der Waals surface area contributed by atoms with Crippen molar-refractivity contribution in [3.05, 3.63) is 33.4 Å². The van der Waals surface area contributed by atoms with Crippen molar-refractivity contribution in [3.63, 3.8) is 0 Å². The van der Waals surface area contributed by atoms with Crippen LogP contribution in [0.4, 0.5) is 0 Å². The van der Waals surface area contributed by atoms with Gasteiger partial charge < -0.3 is 4.79 Å². The quantitative estimate of drug-likeness (QED) is 0.779. The zero-order valence-corrected chi connectivity index (χ0v) is 10.0. The van der Waals surface area contributed by atoms with Gasteiger partial charge in [0.05, 0.1) is 0 Å². The van der Waals surface area contributed by atoms with E-state index in [1.807, 2.05) is 0 Å². The van der Waals surface area contributed by atoms with Gasteiger partial charge in [0.1, 0.15) is 5.78 Å². The number of rotatable bonds is 3. The van der Waals surface area contributed by atoms with E-state index in [1.165, 1.54) is 9.13 Å². The molecule has 13 heavy (non-hydrogen) atoms. The molecule has 0 aromatic heterocycles. The summed E-state index contributed by atoms with van der Waals surface area (Å²) >= 11 is 2.28. The van der Waals surface area contributed by atoms with Crippen molar-refractivity contribution in [3.8, 4) is 0 Å². The lowest BCUT2D eigenvalue weighted by molar-refractivity contribution is -0.117. The molecule has 1 rings (SSSR count). The van der Waals surface area contributed by atoms with E-state index >= 15 is 0 Å². The molecular formula is C11H13IO. The van der Waals surface area contributed by atoms with Gasteiger partial charge >= 0.3 is 0 Å². The molecule has 70 valence electrons. The highest BCUT2D eigenvalue weighted by molar-refractivity contribution is 14.1. The van der Waals surface area contributed by atoms with Crippen LogP contribution in [0.3, 0.4) is 0 Å². The lowest BCUT2D eigenvalue weighted by Gasteiger charge is -2.09. The molecule has 1 atom stereocenters. The van der Waals surface area contributed by atoms with Crippen LogP contribution in [0, 0.1) is 3.57 Å². The second-order valence-electron chi connectivity index (χ2n) is 3.36. The van der Waals surface area contributed by atoms with Crippen molar-refractivity contribution in [2.24, 2.45) is 0 Å². The lowest BCUT2D eigenvalue weighted by atomic mass is 9.96. The molecule has 1 aromatic carbocycles. The van der Waals surface area contributed by atoms with Crippen LogP contribution < -0.4 is 0 Å². The molecule has 0 bridgehead atoms. The maximum absolute atomic E-state index is 10.9. The van der Waals surface area contributed by atoms with E-state index in [1.54, 1.807) is 6.92 Å². The van der Waals surface area contributed by atoms with E-state index in [0.29, 0.717) is 12.3 Å². The number of halogens is 1. The van der Waals surface area contributed by atoms with Crippen molar-refractivity contribution >= 4 is 28.4 Å². The van der Waals surface area contributed by atoms with Crippen LogP contribution in [0.5, 0.6) is 0 Å². The van der Waals surface area contributed by atoms with Gasteiger partial charge in [0, 0.05) is 9.99 Å². The van der Waals surface area contributed by atoms with E-state index < -0.39 is 0 Å². The van der Waals surface area contributed by atoms with Gasteiger partial charge in [-0.1, -0.05) is 19.1 Å². The number of hydrogen-bond acceptors (Lipinski definition) is 1. The summed E-state index contributed by atoms with van der Waals surface area (Å²) in [5.41, 5.74) is 1.25. The van der Waals surface area contributed by atoms with Gasteiger partial charge in [-0.2, -0.15) is 0 Å². The fourth-order valence-electron chi connectivity index (χ4n) is 1.34. The van der Waals surface area contributed by atoms with E-state index in [2.05, 4.69) is 53.8 Å². The zero-order chi connectivity index (χ0) is 9.84. The first-order chi connectivity index (χ1) is 6.09. The van der Waals surface area contributed by atoms with Crippen molar-refractivity contribution in [1.29, 1.82) is 0 Å². The summed E-state index contributed by atoms with van der Waals surface area (Å²) in [5.74, 6) is 0.598. The molecule has 0 amide bonds. The van der Waals surface area contributed by atoms with Crippen molar-refractivity contribution in [2.45, 2.75) is 26.2 Å². The SMILES string of the molecule is CC(=O)C[C@H](C)c1ccc(I)cc1. The molecule has 0 fully saturated rings. The summed E-state index contributed by atoms with van der Waals surface area (Å²) < 4.78 is 1.23. The van der Waals surface area contributed by atoms with Gasteiger partial charge in [0.2, 0.25) is 0 Å². The van der Waals surface area contributed by atoms with Crippen molar-refractivity contribution in [2.75, 3.05) is 0 Å². The van der Waals surface area contributed by atoms with Gasteiger partial charge in [0.25, 0.3) is 0 Å². The van der Waals surface area contributed by atoms with Gasteiger partial charge in [-0.25, -0.2) is 0 Å². The molecule has 0 aliphatic heterocycles. The Bertz CT molecular complexity index is 289. The van der Waals surface area contributed by atoms with E-state index in [0.717, 1.165) is 0 Å². The predicted molar refractivity (Wildman–Crippen MR) is 62.9 cm³/mol. The molecule has 0 unspecified atom stereocenters. The van der Waals surface area contributed by atoms with Crippen LogP contribution in [0.1, 0.15) is 31.7 Å². The Morgan fingerprint density at radius 1 is 1.38 bits per heavy atom. The lowest BCUT2D eigenvalue weighted by Crippen LogP contribution is -1.99. The third-order valence-electron chi connectivity index (χ3n) is 2.03. The molecule has 0 radical (unpaired) electrons. The normalized spacial score (nSPS) is 12.5. The number of carbonyl (C=O) groups is 1. The first-order valence-electron chi connectivity index (χ1n) is 4.34. The number of hydrogen-bond donors (Lipinski definition) is 0. The Balaban J connectivity index is 2.71.